The third-order valence-corrected chi connectivity index (χ3v) is 6.54. The molecule has 2 unspecified atom stereocenters. The van der Waals surface area contributed by atoms with E-state index in [1.54, 1.807) is 31.2 Å². The highest BCUT2D eigenvalue weighted by molar-refractivity contribution is 6.31. The molecule has 156 valence electrons. The zero-order valence-electron chi connectivity index (χ0n) is 16.9. The quantitative estimate of drug-likeness (QED) is 0.706. The first-order valence-electron chi connectivity index (χ1n) is 10.4. The van der Waals surface area contributed by atoms with E-state index >= 15 is 0 Å². The summed E-state index contributed by atoms with van der Waals surface area (Å²) in [6, 6.07) is 14.5. The van der Waals surface area contributed by atoms with Crippen LogP contribution < -0.4 is 10.6 Å². The average Bonchev–Trinajstić information content (AvgIpc) is 2.98. The molecule has 0 radical (unpaired) electrons. The molecule has 2 aromatic carbocycles. The summed E-state index contributed by atoms with van der Waals surface area (Å²) in [6.45, 7) is 1.60. The Morgan fingerprint density at radius 2 is 1.77 bits per heavy atom. The van der Waals surface area contributed by atoms with Gasteiger partial charge < -0.3 is 10.6 Å². The number of nitrogens with one attached hydrogen (secondary N) is 2. The molecule has 2 fully saturated rings. The van der Waals surface area contributed by atoms with E-state index in [0.29, 0.717) is 22.2 Å². The number of amides is 2. The zero-order chi connectivity index (χ0) is 21.3. The molecule has 4 rings (SSSR count). The predicted molar refractivity (Wildman–Crippen MR) is 116 cm³/mol. The van der Waals surface area contributed by atoms with Crippen molar-refractivity contribution >= 4 is 34.9 Å². The Hall–Kier alpha value is -2.66. The molecule has 1 heterocycles. The standard InChI is InChI=1S/C24H25ClN2O3/c1-24(17-8-5-9-18(25)14-17)21(28)20(23(30)27-24)22(29)26-19-12-10-16(11-13-19)15-6-3-2-4-7-15/h5,8-15,20H,2-4,6-7H2,1H3,(H,26,29)(H,27,30). The second-order valence-corrected chi connectivity index (χ2v) is 8.80. The van der Waals surface area contributed by atoms with E-state index < -0.39 is 29.1 Å². The molecule has 30 heavy (non-hydrogen) atoms. The first-order valence-corrected chi connectivity index (χ1v) is 10.8. The summed E-state index contributed by atoms with van der Waals surface area (Å²) in [5.41, 5.74) is 1.13. The molecule has 1 aliphatic heterocycles. The minimum atomic E-state index is -1.40. The molecule has 1 saturated heterocycles. The smallest absolute Gasteiger partial charge is 0.244 e. The summed E-state index contributed by atoms with van der Waals surface area (Å²) in [4.78, 5) is 38.4. The number of benzene rings is 2. The summed E-state index contributed by atoms with van der Waals surface area (Å²) in [7, 11) is 0. The Labute approximate surface area is 181 Å². The van der Waals surface area contributed by atoms with Crippen LogP contribution in [0, 0.1) is 5.92 Å². The normalized spacial score (nSPS) is 24.5. The van der Waals surface area contributed by atoms with Gasteiger partial charge in [-0.15, -0.1) is 0 Å². The lowest BCUT2D eigenvalue weighted by atomic mass is 9.84. The van der Waals surface area contributed by atoms with E-state index in [9.17, 15) is 14.4 Å². The summed E-state index contributed by atoms with van der Waals surface area (Å²) >= 11 is 6.04. The number of rotatable bonds is 4. The zero-order valence-corrected chi connectivity index (χ0v) is 17.7. The lowest BCUT2D eigenvalue weighted by Crippen LogP contribution is -2.40. The van der Waals surface area contributed by atoms with Crippen LogP contribution in [0.25, 0.3) is 0 Å². The van der Waals surface area contributed by atoms with Crippen molar-refractivity contribution < 1.29 is 14.4 Å². The number of ketones is 1. The van der Waals surface area contributed by atoms with Crippen LogP contribution in [0.1, 0.15) is 56.1 Å². The third kappa shape index (κ3) is 3.86. The van der Waals surface area contributed by atoms with E-state index in [2.05, 4.69) is 10.6 Å². The Morgan fingerprint density at radius 1 is 1.07 bits per heavy atom. The van der Waals surface area contributed by atoms with Gasteiger partial charge in [0.1, 0.15) is 5.54 Å². The van der Waals surface area contributed by atoms with Crippen molar-refractivity contribution in [1.82, 2.24) is 5.32 Å². The van der Waals surface area contributed by atoms with Crippen LogP contribution in [0.2, 0.25) is 5.02 Å². The molecule has 0 aromatic heterocycles. The first-order chi connectivity index (χ1) is 14.4. The van der Waals surface area contributed by atoms with Gasteiger partial charge in [0.25, 0.3) is 0 Å². The lowest BCUT2D eigenvalue weighted by molar-refractivity contribution is -0.135. The van der Waals surface area contributed by atoms with E-state index in [4.69, 9.17) is 11.6 Å². The van der Waals surface area contributed by atoms with Gasteiger partial charge >= 0.3 is 0 Å². The van der Waals surface area contributed by atoms with Gasteiger partial charge in [-0.05, 0) is 61.1 Å². The molecule has 2 atom stereocenters. The van der Waals surface area contributed by atoms with Crippen LogP contribution in [-0.2, 0) is 19.9 Å². The topological polar surface area (TPSA) is 75.3 Å². The highest BCUT2D eigenvalue weighted by atomic mass is 35.5. The van der Waals surface area contributed by atoms with Crippen LogP contribution in [0.4, 0.5) is 5.69 Å². The number of carbonyl (C=O) groups excluding carboxylic acids is 3. The van der Waals surface area contributed by atoms with Crippen molar-refractivity contribution in [2.24, 2.45) is 5.92 Å². The summed E-state index contributed by atoms with van der Waals surface area (Å²) in [5, 5.41) is 5.87. The van der Waals surface area contributed by atoms with Gasteiger partial charge in [0.05, 0.1) is 0 Å². The maximum absolute atomic E-state index is 13.1. The average molecular weight is 425 g/mol. The first kappa shape index (κ1) is 20.6. The van der Waals surface area contributed by atoms with Gasteiger partial charge in [-0.25, -0.2) is 0 Å². The largest absolute Gasteiger partial charge is 0.339 e. The maximum Gasteiger partial charge on any atom is 0.244 e. The SMILES string of the molecule is CC1(c2cccc(Cl)c2)NC(=O)C(C(=O)Nc2ccc(C3CCCCC3)cc2)C1=O. The predicted octanol–water partition coefficient (Wildman–Crippen LogP) is 4.56. The van der Waals surface area contributed by atoms with Gasteiger partial charge in [-0.1, -0.05) is 55.1 Å². The van der Waals surface area contributed by atoms with Gasteiger partial charge in [-0.3, -0.25) is 14.4 Å². The fourth-order valence-electron chi connectivity index (χ4n) is 4.53. The molecule has 2 amide bonds. The minimum absolute atomic E-state index is 0.460. The lowest BCUT2D eigenvalue weighted by Gasteiger charge is -2.23. The Balaban J connectivity index is 1.48. The molecule has 1 saturated carbocycles. The van der Waals surface area contributed by atoms with Crippen molar-refractivity contribution in [3.63, 3.8) is 0 Å². The highest BCUT2D eigenvalue weighted by Crippen LogP contribution is 2.34. The van der Waals surface area contributed by atoms with Gasteiger partial charge in [0, 0.05) is 10.7 Å². The van der Waals surface area contributed by atoms with Gasteiger partial charge in [0.15, 0.2) is 11.7 Å². The number of hydrogen-bond acceptors (Lipinski definition) is 3. The minimum Gasteiger partial charge on any atom is -0.339 e. The molecule has 0 bridgehead atoms. The van der Waals surface area contributed by atoms with Crippen LogP contribution in [-0.4, -0.2) is 17.6 Å². The second kappa shape index (κ2) is 8.23. The van der Waals surface area contributed by atoms with Crippen molar-refractivity contribution in [2.45, 2.75) is 50.5 Å². The van der Waals surface area contributed by atoms with E-state index in [0.717, 1.165) is 0 Å². The summed E-state index contributed by atoms with van der Waals surface area (Å²) < 4.78 is 0. The number of anilines is 1. The van der Waals surface area contributed by atoms with Gasteiger partial charge in [0.2, 0.25) is 11.8 Å². The van der Waals surface area contributed by atoms with Crippen LogP contribution >= 0.6 is 11.6 Å². The molecular formula is C24H25ClN2O3. The number of carbonyl (C=O) groups is 3. The van der Waals surface area contributed by atoms with Crippen molar-refractivity contribution in [3.8, 4) is 0 Å². The molecule has 2 aliphatic rings. The molecule has 1 aliphatic carbocycles. The van der Waals surface area contributed by atoms with E-state index in [1.165, 1.54) is 37.7 Å². The maximum atomic E-state index is 13.1. The summed E-state index contributed by atoms with van der Waals surface area (Å²) in [5.74, 6) is -2.52. The van der Waals surface area contributed by atoms with Crippen molar-refractivity contribution in [1.29, 1.82) is 0 Å². The fraction of sp³-hybridized carbons (Fsp3) is 0.375. The number of halogens is 1. The van der Waals surface area contributed by atoms with Crippen LogP contribution in [0.3, 0.4) is 0 Å². The highest BCUT2D eigenvalue weighted by Gasteiger charge is 2.53. The molecular weight excluding hydrogens is 400 g/mol. The Bertz CT molecular complexity index is 982. The van der Waals surface area contributed by atoms with Crippen LogP contribution in [0.15, 0.2) is 48.5 Å². The van der Waals surface area contributed by atoms with Crippen molar-refractivity contribution in [2.75, 3.05) is 5.32 Å². The Morgan fingerprint density at radius 3 is 2.43 bits per heavy atom. The monoisotopic (exact) mass is 424 g/mol. The molecule has 5 nitrogen and oxygen atoms in total. The van der Waals surface area contributed by atoms with Gasteiger partial charge in [-0.2, -0.15) is 0 Å². The van der Waals surface area contributed by atoms with Crippen molar-refractivity contribution in [3.05, 3.63) is 64.7 Å². The molecule has 0 spiro atoms. The molecule has 2 aromatic rings. The number of hydrogen-bond donors (Lipinski definition) is 2. The second-order valence-electron chi connectivity index (χ2n) is 8.37. The third-order valence-electron chi connectivity index (χ3n) is 6.31. The molecule has 2 N–H and O–H groups in total. The molecule has 6 heteroatoms. The Kier molecular flexibility index (Phi) is 5.65. The number of Topliss-reactive ketones (excluding diaryl/α,β-unsaturated/α-hetero) is 1. The van der Waals surface area contributed by atoms with Crippen LogP contribution in [0.5, 0.6) is 0 Å². The van der Waals surface area contributed by atoms with E-state index in [-0.39, 0.29) is 0 Å². The summed E-state index contributed by atoms with van der Waals surface area (Å²) in [6.07, 6.45) is 6.21. The van der Waals surface area contributed by atoms with E-state index in [1.807, 2.05) is 24.3 Å². The fourth-order valence-corrected chi connectivity index (χ4v) is 4.72.